The van der Waals surface area contributed by atoms with Crippen LogP contribution >= 0.6 is 0 Å². The van der Waals surface area contributed by atoms with Crippen LogP contribution in [0, 0.1) is 12.7 Å². The average molecular weight is 631 g/mol. The molecule has 5 rings (SSSR count). The van der Waals surface area contributed by atoms with Gasteiger partial charge >= 0.3 is 0 Å². The Kier molecular flexibility index (Phi) is 9.40. The number of methoxy groups -OCH3 is 2. The standard InChI is InChI=1S/C32H31FN6O5S/c1-20-11-12-22(33)13-21(20)18-34-19-30(40)35-23-7-6-8-27(16-23)45(41,42)39-32-31(37-28-9-4-5-10-29(28)38-32)36-24-14-25(43-2)17-26(15-24)44-3/h4-17,34H,18-19H2,1-3H3,(H,35,40)(H,36,37)(H,38,39). The number of hydrogen-bond acceptors (Lipinski definition) is 9. The molecule has 0 aliphatic heterocycles. The molecule has 4 aromatic carbocycles. The van der Waals surface area contributed by atoms with Crippen LogP contribution in [0.5, 0.6) is 11.5 Å². The predicted octanol–water partition coefficient (Wildman–Crippen LogP) is 5.37. The van der Waals surface area contributed by atoms with Gasteiger partial charge in [-0.05, 0) is 60.5 Å². The lowest BCUT2D eigenvalue weighted by molar-refractivity contribution is -0.115. The van der Waals surface area contributed by atoms with Crippen molar-refractivity contribution in [2.75, 3.05) is 36.1 Å². The van der Waals surface area contributed by atoms with Gasteiger partial charge in [-0.25, -0.2) is 22.8 Å². The van der Waals surface area contributed by atoms with Gasteiger partial charge in [-0.15, -0.1) is 0 Å². The summed E-state index contributed by atoms with van der Waals surface area (Å²) in [4.78, 5) is 21.6. The molecule has 11 nitrogen and oxygen atoms in total. The molecule has 13 heteroatoms. The number of anilines is 4. The van der Waals surface area contributed by atoms with Gasteiger partial charge in [0, 0.05) is 36.1 Å². The van der Waals surface area contributed by atoms with Crippen molar-refractivity contribution in [3.05, 3.63) is 102 Å². The van der Waals surface area contributed by atoms with Crippen LogP contribution in [0.2, 0.25) is 0 Å². The normalized spacial score (nSPS) is 11.2. The Morgan fingerprint density at radius 3 is 2.20 bits per heavy atom. The van der Waals surface area contributed by atoms with E-state index in [-0.39, 0.29) is 34.6 Å². The van der Waals surface area contributed by atoms with Gasteiger partial charge in [0.05, 0.1) is 36.7 Å². The molecule has 1 aromatic heterocycles. The molecule has 232 valence electrons. The molecule has 0 spiro atoms. The van der Waals surface area contributed by atoms with Crippen molar-refractivity contribution in [2.24, 2.45) is 0 Å². The minimum Gasteiger partial charge on any atom is -0.497 e. The van der Waals surface area contributed by atoms with E-state index in [9.17, 15) is 17.6 Å². The van der Waals surface area contributed by atoms with Crippen LogP contribution in [0.3, 0.4) is 0 Å². The van der Waals surface area contributed by atoms with Gasteiger partial charge in [-0.2, -0.15) is 0 Å². The maximum absolute atomic E-state index is 13.6. The molecule has 1 heterocycles. The van der Waals surface area contributed by atoms with E-state index in [4.69, 9.17) is 9.47 Å². The van der Waals surface area contributed by atoms with Crippen LogP contribution in [0.25, 0.3) is 11.0 Å². The Labute approximate surface area is 259 Å². The van der Waals surface area contributed by atoms with E-state index in [1.54, 1.807) is 54.6 Å². The highest BCUT2D eigenvalue weighted by Crippen LogP contribution is 2.31. The SMILES string of the molecule is COc1cc(Nc2nc3ccccc3nc2NS(=O)(=O)c2cccc(NC(=O)CNCc3cc(F)ccc3C)c2)cc(OC)c1. The summed E-state index contributed by atoms with van der Waals surface area (Å²) in [6, 6.07) is 22.5. The molecule has 0 radical (unpaired) electrons. The lowest BCUT2D eigenvalue weighted by Gasteiger charge is -2.15. The van der Waals surface area contributed by atoms with Gasteiger partial charge in [-0.1, -0.05) is 24.3 Å². The number of aryl methyl sites for hydroxylation is 1. The van der Waals surface area contributed by atoms with Crippen molar-refractivity contribution < 1.29 is 27.1 Å². The fourth-order valence-electron chi connectivity index (χ4n) is 4.45. The molecule has 0 aliphatic rings. The first-order valence-electron chi connectivity index (χ1n) is 13.8. The van der Waals surface area contributed by atoms with E-state index in [0.29, 0.717) is 34.8 Å². The second kappa shape index (κ2) is 13.6. The fraction of sp³-hybridized carbons (Fsp3) is 0.156. The number of ether oxygens (including phenoxy) is 2. The second-order valence-electron chi connectivity index (χ2n) is 9.99. The summed E-state index contributed by atoms with van der Waals surface area (Å²) in [7, 11) is -1.14. The summed E-state index contributed by atoms with van der Waals surface area (Å²) in [5.74, 6) is 0.397. The highest BCUT2D eigenvalue weighted by Gasteiger charge is 2.20. The second-order valence-corrected chi connectivity index (χ2v) is 11.7. The van der Waals surface area contributed by atoms with Crippen LogP contribution in [0.4, 0.5) is 27.4 Å². The molecule has 4 N–H and O–H groups in total. The van der Waals surface area contributed by atoms with E-state index in [2.05, 4.69) is 30.6 Å². The first-order chi connectivity index (χ1) is 21.6. The van der Waals surface area contributed by atoms with Gasteiger partial charge in [0.15, 0.2) is 11.6 Å². The Morgan fingerprint density at radius 1 is 0.822 bits per heavy atom. The number of para-hydroxylation sites is 2. The fourth-order valence-corrected chi connectivity index (χ4v) is 5.50. The van der Waals surface area contributed by atoms with Crippen LogP contribution in [0.1, 0.15) is 11.1 Å². The summed E-state index contributed by atoms with van der Waals surface area (Å²) in [5, 5.41) is 8.78. The number of nitrogens with zero attached hydrogens (tertiary/aromatic N) is 2. The first-order valence-corrected chi connectivity index (χ1v) is 15.3. The molecular weight excluding hydrogens is 599 g/mol. The van der Waals surface area contributed by atoms with Gasteiger partial charge in [-0.3, -0.25) is 9.52 Å². The third-order valence-electron chi connectivity index (χ3n) is 6.76. The molecular formula is C32H31FN6O5S. The van der Waals surface area contributed by atoms with Crippen molar-refractivity contribution >= 4 is 50.0 Å². The Balaban J connectivity index is 1.34. The maximum Gasteiger partial charge on any atom is 0.263 e. The molecule has 0 saturated carbocycles. The summed E-state index contributed by atoms with van der Waals surface area (Å²) < 4.78 is 53.9. The van der Waals surface area contributed by atoms with E-state index in [0.717, 1.165) is 11.1 Å². The Morgan fingerprint density at radius 2 is 1.51 bits per heavy atom. The molecule has 1 amide bonds. The molecule has 0 aliphatic carbocycles. The highest BCUT2D eigenvalue weighted by atomic mass is 32.2. The summed E-state index contributed by atoms with van der Waals surface area (Å²) >= 11 is 0. The van der Waals surface area contributed by atoms with Crippen LogP contribution in [0.15, 0.2) is 89.8 Å². The molecule has 0 bridgehead atoms. The zero-order chi connectivity index (χ0) is 32.0. The number of halogens is 1. The zero-order valence-electron chi connectivity index (χ0n) is 24.7. The lowest BCUT2D eigenvalue weighted by Crippen LogP contribution is -2.28. The minimum absolute atomic E-state index is 0.0400. The molecule has 0 atom stereocenters. The number of rotatable bonds is 12. The number of carbonyl (C=O) groups excluding carboxylic acids is 1. The van der Waals surface area contributed by atoms with Crippen molar-refractivity contribution in [1.29, 1.82) is 0 Å². The number of amides is 1. The summed E-state index contributed by atoms with van der Waals surface area (Å²) in [6.45, 7) is 2.08. The summed E-state index contributed by atoms with van der Waals surface area (Å²) in [6.07, 6.45) is 0. The Hall–Kier alpha value is -5.27. The number of hydrogen-bond donors (Lipinski definition) is 4. The number of fused-ring (bicyclic) bond motifs is 1. The number of benzene rings is 4. The van der Waals surface area contributed by atoms with Crippen molar-refractivity contribution in [2.45, 2.75) is 18.4 Å². The van der Waals surface area contributed by atoms with Gasteiger partial charge < -0.3 is 25.4 Å². The van der Waals surface area contributed by atoms with Gasteiger partial charge in [0.25, 0.3) is 10.0 Å². The highest BCUT2D eigenvalue weighted by molar-refractivity contribution is 7.92. The smallest absolute Gasteiger partial charge is 0.263 e. The monoisotopic (exact) mass is 630 g/mol. The number of nitrogens with one attached hydrogen (secondary N) is 4. The van der Waals surface area contributed by atoms with Crippen LogP contribution in [-0.2, 0) is 21.4 Å². The Bertz CT molecular complexity index is 1950. The summed E-state index contributed by atoms with van der Waals surface area (Å²) in [5.41, 5.74) is 3.46. The van der Waals surface area contributed by atoms with E-state index in [1.165, 1.54) is 44.6 Å². The van der Waals surface area contributed by atoms with Gasteiger partial charge in [0.2, 0.25) is 5.91 Å². The van der Waals surface area contributed by atoms with E-state index >= 15 is 0 Å². The van der Waals surface area contributed by atoms with Crippen LogP contribution < -0.4 is 30.1 Å². The molecule has 0 saturated heterocycles. The third-order valence-corrected chi connectivity index (χ3v) is 8.09. The van der Waals surface area contributed by atoms with E-state index < -0.39 is 15.9 Å². The number of sulfonamides is 1. The van der Waals surface area contributed by atoms with Gasteiger partial charge in [0.1, 0.15) is 17.3 Å². The molecule has 0 fully saturated rings. The van der Waals surface area contributed by atoms with E-state index in [1.807, 2.05) is 6.92 Å². The third kappa shape index (κ3) is 7.82. The van der Waals surface area contributed by atoms with Crippen molar-refractivity contribution in [1.82, 2.24) is 15.3 Å². The maximum atomic E-state index is 13.6. The predicted molar refractivity (Wildman–Crippen MR) is 171 cm³/mol. The number of aromatic nitrogens is 2. The molecule has 45 heavy (non-hydrogen) atoms. The topological polar surface area (TPSA) is 144 Å². The minimum atomic E-state index is -4.19. The first kappa shape index (κ1) is 31.2. The zero-order valence-corrected chi connectivity index (χ0v) is 25.5. The molecule has 5 aromatic rings. The van der Waals surface area contributed by atoms with Crippen LogP contribution in [-0.4, -0.2) is 45.1 Å². The quantitative estimate of drug-likeness (QED) is 0.143. The average Bonchev–Trinajstić information content (AvgIpc) is 3.02. The largest absolute Gasteiger partial charge is 0.497 e. The lowest BCUT2D eigenvalue weighted by atomic mass is 10.1. The molecule has 0 unspecified atom stereocenters. The van der Waals surface area contributed by atoms with Crippen molar-refractivity contribution in [3.63, 3.8) is 0 Å². The number of carbonyl (C=O) groups is 1. The van der Waals surface area contributed by atoms with Crippen molar-refractivity contribution in [3.8, 4) is 11.5 Å².